The minimum atomic E-state index is -5.00. The third-order valence-corrected chi connectivity index (χ3v) is 4.42. The number of nitrogens with zero attached hydrogens (tertiary/aromatic N) is 2. The van der Waals surface area contributed by atoms with E-state index in [1.165, 1.54) is 0 Å². The number of aliphatic hydroxyl groups is 1. The molecule has 0 radical (unpaired) electrons. The van der Waals surface area contributed by atoms with E-state index in [2.05, 4.69) is 5.10 Å². The molecule has 3 rings (SSSR count). The van der Waals surface area contributed by atoms with Gasteiger partial charge in [0.15, 0.2) is 18.0 Å². The summed E-state index contributed by atoms with van der Waals surface area (Å²) < 4.78 is 93.7. The van der Waals surface area contributed by atoms with Crippen molar-refractivity contribution in [2.24, 2.45) is 0 Å². The molecule has 0 aromatic carbocycles. The molecule has 2 aliphatic carbocycles. The first-order valence-electron chi connectivity index (χ1n) is 7.06. The van der Waals surface area contributed by atoms with E-state index in [0.717, 1.165) is 0 Å². The van der Waals surface area contributed by atoms with Gasteiger partial charge in [0.05, 0.1) is 11.7 Å². The fraction of sp³-hybridized carbons (Fsp3) is 0.769. The highest BCUT2D eigenvalue weighted by molar-refractivity contribution is 5.39. The largest absolute Gasteiger partial charge is 0.435 e. The van der Waals surface area contributed by atoms with Crippen molar-refractivity contribution in [3.8, 4) is 0 Å². The molecule has 1 N–H and O–H groups in total. The topological polar surface area (TPSA) is 38.1 Å². The summed E-state index contributed by atoms with van der Waals surface area (Å²) in [6, 6.07) is -0.879. The summed E-state index contributed by atoms with van der Waals surface area (Å²) >= 11 is 0. The van der Waals surface area contributed by atoms with Gasteiger partial charge in [0.25, 0.3) is 0 Å². The first-order chi connectivity index (χ1) is 10.5. The maximum absolute atomic E-state index is 14.0. The first-order valence-corrected chi connectivity index (χ1v) is 7.06. The number of aromatic nitrogens is 2. The fourth-order valence-corrected chi connectivity index (χ4v) is 3.25. The maximum Gasteiger partial charge on any atom is 0.435 e. The van der Waals surface area contributed by atoms with Gasteiger partial charge in [-0.2, -0.15) is 18.3 Å². The second kappa shape index (κ2) is 5.09. The fourth-order valence-electron chi connectivity index (χ4n) is 3.25. The predicted octanol–water partition coefficient (Wildman–Crippen LogP) is 4.05. The average molecular weight is 346 g/mol. The summed E-state index contributed by atoms with van der Waals surface area (Å²) in [5.41, 5.74) is -3.16. The number of fused-ring (bicyclic) bond motifs is 1. The third-order valence-electron chi connectivity index (χ3n) is 4.42. The monoisotopic (exact) mass is 346 g/mol. The molecule has 0 bridgehead atoms. The lowest BCUT2D eigenvalue weighted by Gasteiger charge is -2.29. The number of hydrogen-bond donors (Lipinski definition) is 1. The molecule has 23 heavy (non-hydrogen) atoms. The Hall–Kier alpha value is -1.32. The molecule has 3 atom stereocenters. The molecule has 0 saturated heterocycles. The lowest BCUT2D eigenvalue weighted by Crippen LogP contribution is -2.28. The number of aliphatic hydroxyl groups excluding tert-OH is 1. The summed E-state index contributed by atoms with van der Waals surface area (Å²) in [6.45, 7) is 0. The molecule has 3 nitrogen and oxygen atoms in total. The van der Waals surface area contributed by atoms with Crippen LogP contribution in [0, 0.1) is 0 Å². The molecular weight excluding hydrogens is 333 g/mol. The predicted molar refractivity (Wildman–Crippen MR) is 63.4 cm³/mol. The summed E-state index contributed by atoms with van der Waals surface area (Å²) in [6.07, 6.45) is -13.8. The average Bonchev–Trinajstić information content (AvgIpc) is 2.93. The quantitative estimate of drug-likeness (QED) is 0.779. The van der Waals surface area contributed by atoms with Crippen LogP contribution in [0.5, 0.6) is 0 Å². The molecule has 1 aromatic rings. The van der Waals surface area contributed by atoms with Crippen molar-refractivity contribution in [3.63, 3.8) is 0 Å². The molecular formula is C13H13F7N2O. The lowest BCUT2D eigenvalue weighted by atomic mass is 9.92. The van der Waals surface area contributed by atoms with E-state index in [4.69, 9.17) is 0 Å². The van der Waals surface area contributed by atoms with E-state index in [1.807, 2.05) is 0 Å². The molecule has 1 fully saturated rings. The summed E-state index contributed by atoms with van der Waals surface area (Å²) in [4.78, 5) is 0. The molecule has 2 aliphatic rings. The Morgan fingerprint density at radius 2 is 1.70 bits per heavy atom. The second-order valence-electron chi connectivity index (χ2n) is 5.97. The van der Waals surface area contributed by atoms with Crippen LogP contribution in [-0.2, 0) is 6.18 Å². The van der Waals surface area contributed by atoms with Crippen molar-refractivity contribution in [1.29, 1.82) is 0 Å². The molecule has 0 aliphatic heterocycles. The third kappa shape index (κ3) is 2.60. The van der Waals surface area contributed by atoms with Crippen LogP contribution in [0.4, 0.5) is 30.7 Å². The highest BCUT2D eigenvalue weighted by atomic mass is 19.4. The van der Waals surface area contributed by atoms with Crippen LogP contribution < -0.4 is 0 Å². The van der Waals surface area contributed by atoms with Gasteiger partial charge < -0.3 is 5.11 Å². The van der Waals surface area contributed by atoms with E-state index in [1.54, 1.807) is 0 Å². The highest BCUT2D eigenvalue weighted by Crippen LogP contribution is 2.50. The van der Waals surface area contributed by atoms with Gasteiger partial charge >= 0.3 is 6.18 Å². The number of hydrogen-bond acceptors (Lipinski definition) is 2. The van der Waals surface area contributed by atoms with E-state index >= 15 is 0 Å². The first kappa shape index (κ1) is 16.5. The Balaban J connectivity index is 2.04. The van der Waals surface area contributed by atoms with Gasteiger partial charge in [-0.1, -0.05) is 0 Å². The van der Waals surface area contributed by atoms with Crippen LogP contribution in [0.25, 0.3) is 0 Å². The maximum atomic E-state index is 14.0. The Labute approximate surface area is 126 Å². The van der Waals surface area contributed by atoms with E-state index in [0.29, 0.717) is 4.68 Å². The van der Waals surface area contributed by atoms with Crippen LogP contribution >= 0.6 is 0 Å². The van der Waals surface area contributed by atoms with Crippen molar-refractivity contribution >= 4 is 0 Å². The molecule has 130 valence electrons. The van der Waals surface area contributed by atoms with Crippen LogP contribution in [0.2, 0.25) is 0 Å². The van der Waals surface area contributed by atoms with Gasteiger partial charge in [0.1, 0.15) is 6.10 Å². The Kier molecular flexibility index (Phi) is 3.66. The van der Waals surface area contributed by atoms with Crippen molar-refractivity contribution in [1.82, 2.24) is 9.78 Å². The highest BCUT2D eigenvalue weighted by Gasteiger charge is 2.52. The minimum Gasteiger partial charge on any atom is -0.385 e. The van der Waals surface area contributed by atoms with Crippen molar-refractivity contribution in [2.45, 2.75) is 62.3 Å². The van der Waals surface area contributed by atoms with E-state index < -0.39 is 66.4 Å². The van der Waals surface area contributed by atoms with Gasteiger partial charge in [-0.15, -0.1) is 0 Å². The molecule has 1 saturated carbocycles. The second-order valence-corrected chi connectivity index (χ2v) is 5.97. The van der Waals surface area contributed by atoms with Crippen LogP contribution in [0.1, 0.15) is 61.0 Å². The molecule has 1 heterocycles. The van der Waals surface area contributed by atoms with E-state index in [-0.39, 0.29) is 12.8 Å². The zero-order valence-corrected chi connectivity index (χ0v) is 11.6. The normalized spacial score (nSPS) is 31.4. The van der Waals surface area contributed by atoms with Crippen LogP contribution in [0.15, 0.2) is 0 Å². The molecule has 10 heteroatoms. The van der Waals surface area contributed by atoms with Crippen LogP contribution in [-0.4, -0.2) is 27.0 Å². The van der Waals surface area contributed by atoms with Crippen molar-refractivity contribution in [3.05, 3.63) is 17.0 Å². The summed E-state index contributed by atoms with van der Waals surface area (Å²) in [5.74, 6) is -2.92. The Morgan fingerprint density at radius 3 is 2.22 bits per heavy atom. The van der Waals surface area contributed by atoms with Gasteiger partial charge in [-0.3, -0.25) is 4.68 Å². The Morgan fingerprint density at radius 1 is 1.13 bits per heavy atom. The molecule has 0 spiro atoms. The van der Waals surface area contributed by atoms with Gasteiger partial charge in [-0.05, 0) is 12.8 Å². The zero-order valence-electron chi connectivity index (χ0n) is 11.6. The molecule has 3 unspecified atom stereocenters. The number of halogens is 7. The van der Waals surface area contributed by atoms with Crippen molar-refractivity contribution < 1.29 is 35.8 Å². The zero-order chi connectivity index (χ0) is 17.2. The minimum absolute atomic E-state index is 0.196. The van der Waals surface area contributed by atoms with E-state index in [9.17, 15) is 35.8 Å². The lowest BCUT2D eigenvalue weighted by molar-refractivity contribution is -0.143. The summed E-state index contributed by atoms with van der Waals surface area (Å²) in [5, 5.41) is 12.9. The smallest absolute Gasteiger partial charge is 0.385 e. The number of rotatable bonds is 1. The summed E-state index contributed by atoms with van der Waals surface area (Å²) in [7, 11) is 0. The van der Waals surface area contributed by atoms with Crippen LogP contribution in [0.3, 0.4) is 0 Å². The van der Waals surface area contributed by atoms with Gasteiger partial charge in [-0.25, -0.2) is 17.6 Å². The van der Waals surface area contributed by atoms with Gasteiger partial charge in [0.2, 0.25) is 5.92 Å². The van der Waals surface area contributed by atoms with Crippen molar-refractivity contribution in [2.75, 3.05) is 0 Å². The number of alkyl halides is 7. The molecule has 1 aromatic heterocycles. The van der Waals surface area contributed by atoms with Gasteiger partial charge in [0, 0.05) is 18.4 Å². The Bertz CT molecular complexity index is 602. The SMILES string of the molecule is OC1c2c(C(F)(F)F)nn(C3CCC(F)(F)CC3)c2C(F)C1F. The molecule has 0 amide bonds. The standard InChI is InChI=1S/C13H13F7N2O/c14-7-8(15)10(23)6-9(7)22(21-11(6)13(18,19)20)5-1-3-12(16,17)4-2-5/h5,7-8,10,23H,1-4H2.